The van der Waals surface area contributed by atoms with Gasteiger partial charge in [0.05, 0.1) is 13.2 Å². The van der Waals surface area contributed by atoms with Crippen molar-refractivity contribution in [2.75, 3.05) is 34.3 Å². The van der Waals surface area contributed by atoms with Crippen molar-refractivity contribution >= 4 is 21.8 Å². The van der Waals surface area contributed by atoms with Crippen LogP contribution in [0.25, 0.3) is 0 Å². The van der Waals surface area contributed by atoms with Crippen LogP contribution in [0, 0.1) is 0 Å². The zero-order chi connectivity index (χ0) is 22.9. The Labute approximate surface area is 188 Å². The number of ether oxygens (including phenoxy) is 1. The van der Waals surface area contributed by atoms with Gasteiger partial charge in [0.2, 0.25) is 5.91 Å². The summed E-state index contributed by atoms with van der Waals surface area (Å²) in [6, 6.07) is 14.1. The number of carbonyl (C=O) groups excluding carboxylic acids is 1. The fraction of sp³-hybridized carbons (Fsp3) is 0.391. The first-order valence-corrected chi connectivity index (χ1v) is 12.0. The second kappa shape index (κ2) is 8.91. The Morgan fingerprint density at radius 3 is 2.62 bits per heavy atom. The van der Waals surface area contributed by atoms with Crippen LogP contribution in [0.4, 0.5) is 0 Å². The Kier molecular flexibility index (Phi) is 6.21. The summed E-state index contributed by atoms with van der Waals surface area (Å²) in [4.78, 5) is 17.2. The molecule has 1 amide bonds. The average molecular weight is 457 g/mol. The van der Waals surface area contributed by atoms with Crippen molar-refractivity contribution in [3.8, 4) is 5.75 Å². The summed E-state index contributed by atoms with van der Waals surface area (Å²) in [5, 5.41) is 3.07. The summed E-state index contributed by atoms with van der Waals surface area (Å²) in [6.07, 6.45) is 1.46. The van der Waals surface area contributed by atoms with Crippen LogP contribution in [-0.4, -0.2) is 70.3 Å². The number of hydrogen-bond donors (Lipinski definition) is 1. The van der Waals surface area contributed by atoms with Crippen LogP contribution in [0.1, 0.15) is 30.0 Å². The predicted octanol–water partition coefficient (Wildman–Crippen LogP) is 2.03. The summed E-state index contributed by atoms with van der Waals surface area (Å²) >= 11 is 0. The molecule has 32 heavy (non-hydrogen) atoms. The molecule has 2 aromatic rings. The highest BCUT2D eigenvalue weighted by atomic mass is 32.2. The molecule has 0 aliphatic carbocycles. The molecule has 2 aliphatic rings. The van der Waals surface area contributed by atoms with E-state index >= 15 is 0 Å². The first-order valence-electron chi connectivity index (χ1n) is 10.6. The number of nitrogens with one attached hydrogen (secondary N) is 1. The quantitative estimate of drug-likeness (QED) is 0.715. The number of benzene rings is 2. The lowest BCUT2D eigenvalue weighted by Crippen LogP contribution is -2.47. The zero-order valence-corrected chi connectivity index (χ0v) is 19.3. The van der Waals surface area contributed by atoms with Gasteiger partial charge in [0, 0.05) is 18.7 Å². The van der Waals surface area contributed by atoms with E-state index in [1.54, 1.807) is 31.4 Å². The molecule has 2 heterocycles. The van der Waals surface area contributed by atoms with Crippen molar-refractivity contribution in [1.82, 2.24) is 15.1 Å². The van der Waals surface area contributed by atoms with Crippen LogP contribution in [-0.2, 0) is 14.8 Å². The molecular formula is C23H28N4O4S. The number of rotatable bonds is 6. The Hall–Kier alpha value is -2.91. The van der Waals surface area contributed by atoms with Crippen molar-refractivity contribution in [3.05, 3.63) is 59.7 Å². The van der Waals surface area contributed by atoms with E-state index in [4.69, 9.17) is 4.74 Å². The van der Waals surface area contributed by atoms with E-state index in [0.717, 1.165) is 17.7 Å². The molecule has 0 unspecified atom stereocenters. The number of fused-ring (bicyclic) bond motifs is 1. The molecule has 2 atom stereocenters. The van der Waals surface area contributed by atoms with Gasteiger partial charge in [-0.05, 0) is 56.8 Å². The standard InChI is InChI=1S/C23H28N4O4S/c1-26(2)20(16-10-12-17(31-3)13-11-16)15-24-23(28)19-8-6-14-27(19)22-18-7-4-5-9-21(18)32(29,30)25-22/h4-5,7,9-13,19-20H,6,8,14-15H2,1-3H3,(H,24,28)/t19-,20+/m0/s1. The highest BCUT2D eigenvalue weighted by Crippen LogP contribution is 2.31. The number of likely N-dealkylation sites (N-methyl/N-ethyl adjacent to an activating group) is 1. The topological polar surface area (TPSA) is 91.3 Å². The van der Waals surface area contributed by atoms with Gasteiger partial charge < -0.3 is 19.9 Å². The molecule has 0 aromatic heterocycles. The van der Waals surface area contributed by atoms with Crippen LogP contribution in [0.5, 0.6) is 5.75 Å². The summed E-state index contributed by atoms with van der Waals surface area (Å²) in [7, 11) is 1.85. The maximum absolute atomic E-state index is 13.1. The molecule has 2 aliphatic heterocycles. The number of nitrogens with zero attached hydrogens (tertiary/aromatic N) is 3. The van der Waals surface area contributed by atoms with Gasteiger partial charge >= 0.3 is 0 Å². The molecule has 0 spiro atoms. The van der Waals surface area contributed by atoms with Crippen LogP contribution in [0.3, 0.4) is 0 Å². The van der Waals surface area contributed by atoms with E-state index in [1.807, 2.05) is 43.3 Å². The summed E-state index contributed by atoms with van der Waals surface area (Å²) in [5.74, 6) is 1.04. The van der Waals surface area contributed by atoms with Crippen LogP contribution in [0.2, 0.25) is 0 Å². The molecule has 170 valence electrons. The Bertz CT molecular complexity index is 1130. The minimum absolute atomic E-state index is 0.00960. The smallest absolute Gasteiger partial charge is 0.285 e. The molecule has 1 N–H and O–H groups in total. The molecule has 1 fully saturated rings. The van der Waals surface area contributed by atoms with Gasteiger partial charge in [0.15, 0.2) is 5.84 Å². The lowest BCUT2D eigenvalue weighted by atomic mass is 10.1. The van der Waals surface area contributed by atoms with Crippen molar-refractivity contribution in [2.45, 2.75) is 29.8 Å². The van der Waals surface area contributed by atoms with Crippen molar-refractivity contribution in [2.24, 2.45) is 4.40 Å². The molecule has 2 aromatic carbocycles. The number of amidine groups is 1. The van der Waals surface area contributed by atoms with E-state index in [1.165, 1.54) is 0 Å². The maximum atomic E-state index is 13.1. The Morgan fingerprint density at radius 2 is 1.94 bits per heavy atom. The number of sulfonamides is 1. The monoisotopic (exact) mass is 456 g/mol. The molecule has 0 saturated carbocycles. The molecule has 4 rings (SSSR count). The summed E-state index contributed by atoms with van der Waals surface area (Å²) in [5.41, 5.74) is 1.64. The minimum atomic E-state index is -3.72. The number of hydrogen-bond acceptors (Lipinski definition) is 6. The SMILES string of the molecule is COc1ccc([C@@H](CNC(=O)[C@@H]2CCCN2C2=NS(=O)(=O)c3ccccc32)N(C)C)cc1. The van der Waals surface area contributed by atoms with Crippen LogP contribution < -0.4 is 10.1 Å². The van der Waals surface area contributed by atoms with Gasteiger partial charge in [-0.1, -0.05) is 24.3 Å². The second-order valence-corrected chi connectivity index (χ2v) is 9.81. The minimum Gasteiger partial charge on any atom is -0.497 e. The number of carbonyl (C=O) groups is 1. The van der Waals surface area contributed by atoms with E-state index in [0.29, 0.717) is 30.9 Å². The van der Waals surface area contributed by atoms with E-state index in [9.17, 15) is 13.2 Å². The number of likely N-dealkylation sites (tertiary alicyclic amines) is 1. The Morgan fingerprint density at radius 1 is 1.22 bits per heavy atom. The van der Waals surface area contributed by atoms with Gasteiger partial charge in [0.25, 0.3) is 10.0 Å². The second-order valence-electron chi connectivity index (χ2n) is 8.24. The van der Waals surface area contributed by atoms with E-state index < -0.39 is 16.1 Å². The summed E-state index contributed by atoms with van der Waals surface area (Å²) in [6.45, 7) is 1.03. The maximum Gasteiger partial charge on any atom is 0.285 e. The van der Waals surface area contributed by atoms with Crippen molar-refractivity contribution in [1.29, 1.82) is 0 Å². The third kappa shape index (κ3) is 4.22. The lowest BCUT2D eigenvalue weighted by Gasteiger charge is -2.28. The molecular weight excluding hydrogens is 428 g/mol. The average Bonchev–Trinajstić information content (AvgIpc) is 3.37. The highest BCUT2D eigenvalue weighted by Gasteiger charge is 2.39. The first kappa shape index (κ1) is 22.3. The van der Waals surface area contributed by atoms with Gasteiger partial charge in [-0.2, -0.15) is 8.42 Å². The van der Waals surface area contributed by atoms with Crippen LogP contribution >= 0.6 is 0 Å². The van der Waals surface area contributed by atoms with Crippen molar-refractivity contribution in [3.63, 3.8) is 0 Å². The van der Waals surface area contributed by atoms with Gasteiger partial charge in [-0.15, -0.1) is 4.40 Å². The third-order valence-electron chi connectivity index (χ3n) is 6.03. The normalized spacial score (nSPS) is 20.1. The zero-order valence-electron chi connectivity index (χ0n) is 18.5. The molecule has 8 nitrogen and oxygen atoms in total. The Balaban J connectivity index is 1.49. The largest absolute Gasteiger partial charge is 0.497 e. The van der Waals surface area contributed by atoms with Gasteiger partial charge in [-0.25, -0.2) is 0 Å². The third-order valence-corrected chi connectivity index (χ3v) is 7.36. The fourth-order valence-corrected chi connectivity index (χ4v) is 5.55. The molecule has 0 radical (unpaired) electrons. The predicted molar refractivity (Wildman–Crippen MR) is 122 cm³/mol. The molecule has 9 heteroatoms. The van der Waals surface area contributed by atoms with Crippen molar-refractivity contribution < 1.29 is 17.9 Å². The van der Waals surface area contributed by atoms with Gasteiger partial charge in [-0.3, -0.25) is 4.79 Å². The van der Waals surface area contributed by atoms with E-state index in [-0.39, 0.29) is 16.8 Å². The van der Waals surface area contributed by atoms with E-state index in [2.05, 4.69) is 14.6 Å². The summed E-state index contributed by atoms with van der Waals surface area (Å²) < 4.78 is 34.2. The van der Waals surface area contributed by atoms with Gasteiger partial charge in [0.1, 0.15) is 16.7 Å². The molecule has 1 saturated heterocycles. The van der Waals surface area contributed by atoms with Crippen LogP contribution in [0.15, 0.2) is 57.8 Å². The fourth-order valence-electron chi connectivity index (χ4n) is 4.33. The first-order chi connectivity index (χ1) is 15.3. The number of amides is 1. The lowest BCUT2D eigenvalue weighted by molar-refractivity contribution is -0.124. The highest BCUT2D eigenvalue weighted by molar-refractivity contribution is 7.90. The molecule has 0 bridgehead atoms. The number of methoxy groups -OCH3 is 1.